The molecule has 0 spiro atoms. The Kier molecular flexibility index (Phi) is 7.07. The molecule has 0 aliphatic carbocycles. The molecule has 1 fully saturated rings. The first kappa shape index (κ1) is 21.9. The van der Waals surface area contributed by atoms with E-state index >= 15 is 0 Å². The van der Waals surface area contributed by atoms with Gasteiger partial charge in [-0.1, -0.05) is 11.8 Å². The number of rotatable bonds is 7. The van der Waals surface area contributed by atoms with Gasteiger partial charge in [0, 0.05) is 63.4 Å². The molecule has 1 N–H and O–H groups in total. The van der Waals surface area contributed by atoms with Crippen LogP contribution in [0, 0.1) is 0 Å². The van der Waals surface area contributed by atoms with Crippen LogP contribution in [0.4, 0.5) is 5.69 Å². The van der Waals surface area contributed by atoms with Gasteiger partial charge in [-0.15, -0.1) is 5.10 Å². The van der Waals surface area contributed by atoms with Crippen molar-refractivity contribution in [1.82, 2.24) is 35.0 Å². The molecule has 0 radical (unpaired) electrons. The summed E-state index contributed by atoms with van der Waals surface area (Å²) in [5, 5.41) is 14.5. The zero-order valence-corrected chi connectivity index (χ0v) is 18.5. The quantitative estimate of drug-likeness (QED) is 0.534. The highest BCUT2D eigenvalue weighted by Gasteiger charge is 2.22. The molecular weight excluding hydrogens is 428 g/mol. The maximum absolute atomic E-state index is 12.9. The fraction of sp³-hybridized carbons (Fsp3) is 0.333. The highest BCUT2D eigenvalue weighted by Crippen LogP contribution is 2.16. The lowest BCUT2D eigenvalue weighted by molar-refractivity contribution is -0.113. The van der Waals surface area contributed by atoms with Gasteiger partial charge >= 0.3 is 0 Å². The second-order valence-corrected chi connectivity index (χ2v) is 8.37. The van der Waals surface area contributed by atoms with Crippen molar-refractivity contribution in [3.05, 3.63) is 59.9 Å². The number of hydrogen-bond acceptors (Lipinski definition) is 8. The number of carbonyl (C=O) groups excluding carboxylic acids is 2. The van der Waals surface area contributed by atoms with Crippen LogP contribution >= 0.6 is 11.8 Å². The van der Waals surface area contributed by atoms with Gasteiger partial charge in [-0.25, -0.2) is 4.68 Å². The molecule has 1 aliphatic rings. The lowest BCUT2D eigenvalue weighted by Gasteiger charge is -2.34. The van der Waals surface area contributed by atoms with Crippen LogP contribution in [-0.2, 0) is 18.4 Å². The minimum absolute atomic E-state index is 0.0109. The van der Waals surface area contributed by atoms with Crippen molar-refractivity contribution in [1.29, 1.82) is 0 Å². The third kappa shape index (κ3) is 5.68. The summed E-state index contributed by atoms with van der Waals surface area (Å²) in [5.74, 6) is 0.0396. The van der Waals surface area contributed by atoms with Gasteiger partial charge < -0.3 is 10.2 Å². The highest BCUT2D eigenvalue weighted by atomic mass is 32.2. The normalized spacial score (nSPS) is 14.3. The molecule has 0 bridgehead atoms. The van der Waals surface area contributed by atoms with E-state index in [1.165, 1.54) is 22.0 Å². The number of benzene rings is 1. The summed E-state index contributed by atoms with van der Waals surface area (Å²) >= 11 is 1.26. The van der Waals surface area contributed by atoms with Crippen LogP contribution in [0.15, 0.2) is 53.9 Å². The standard InChI is InChI=1S/C21H24N8O2S/c1-27-21(24-25-26-27)32-15-19(30)23-18-4-2-17(3-5-18)20(31)29-12-10-28(11-13-29)14-16-6-8-22-9-7-16/h2-9H,10-15H2,1H3,(H,23,30). The summed E-state index contributed by atoms with van der Waals surface area (Å²) in [6, 6.07) is 11.0. The van der Waals surface area contributed by atoms with Gasteiger partial charge in [-0.2, -0.15) is 0 Å². The van der Waals surface area contributed by atoms with Crippen molar-refractivity contribution < 1.29 is 9.59 Å². The van der Waals surface area contributed by atoms with Crippen molar-refractivity contribution in [2.24, 2.45) is 7.05 Å². The zero-order valence-electron chi connectivity index (χ0n) is 17.7. The minimum Gasteiger partial charge on any atom is -0.336 e. The Labute approximate surface area is 190 Å². The van der Waals surface area contributed by atoms with Crippen molar-refractivity contribution in [2.75, 3.05) is 37.2 Å². The van der Waals surface area contributed by atoms with Crippen LogP contribution in [-0.4, -0.2) is 78.7 Å². The molecule has 1 aliphatic heterocycles. The van der Waals surface area contributed by atoms with E-state index in [-0.39, 0.29) is 17.6 Å². The van der Waals surface area contributed by atoms with E-state index in [4.69, 9.17) is 0 Å². The Morgan fingerprint density at radius 3 is 2.41 bits per heavy atom. The van der Waals surface area contributed by atoms with Gasteiger partial charge in [-0.05, 0) is 52.4 Å². The van der Waals surface area contributed by atoms with Crippen LogP contribution in [0.3, 0.4) is 0 Å². The van der Waals surface area contributed by atoms with E-state index in [0.29, 0.717) is 29.5 Å². The summed E-state index contributed by atoms with van der Waals surface area (Å²) in [4.78, 5) is 33.3. The molecule has 2 amide bonds. The smallest absolute Gasteiger partial charge is 0.253 e. The molecule has 0 unspecified atom stereocenters. The SMILES string of the molecule is Cn1nnnc1SCC(=O)Nc1ccc(C(=O)N2CCN(Cc3ccncc3)CC2)cc1. The molecule has 166 valence electrons. The van der Waals surface area contributed by atoms with Crippen molar-refractivity contribution in [3.8, 4) is 0 Å². The number of tetrazole rings is 1. The number of hydrogen-bond donors (Lipinski definition) is 1. The van der Waals surface area contributed by atoms with E-state index in [1.54, 1.807) is 43.7 Å². The van der Waals surface area contributed by atoms with E-state index < -0.39 is 0 Å². The summed E-state index contributed by atoms with van der Waals surface area (Å²) in [5.41, 5.74) is 2.49. The van der Waals surface area contributed by atoms with Crippen molar-refractivity contribution in [2.45, 2.75) is 11.7 Å². The van der Waals surface area contributed by atoms with Crippen LogP contribution in [0.2, 0.25) is 0 Å². The largest absolute Gasteiger partial charge is 0.336 e. The third-order valence-corrected chi connectivity index (χ3v) is 6.15. The first-order valence-electron chi connectivity index (χ1n) is 10.2. The minimum atomic E-state index is -0.164. The number of thioether (sulfide) groups is 1. The van der Waals surface area contributed by atoms with Gasteiger partial charge in [0.2, 0.25) is 11.1 Å². The summed E-state index contributed by atoms with van der Waals surface area (Å²) in [6.45, 7) is 3.92. The number of amides is 2. The van der Waals surface area contributed by atoms with Crippen LogP contribution in [0.1, 0.15) is 15.9 Å². The Bertz CT molecular complexity index is 1050. The van der Waals surface area contributed by atoms with E-state index in [0.717, 1.165) is 19.6 Å². The lowest BCUT2D eigenvalue weighted by Crippen LogP contribution is -2.48. The van der Waals surface area contributed by atoms with Crippen LogP contribution in [0.5, 0.6) is 0 Å². The maximum atomic E-state index is 12.9. The number of piperazine rings is 1. The fourth-order valence-electron chi connectivity index (χ4n) is 3.40. The monoisotopic (exact) mass is 452 g/mol. The Hall–Kier alpha value is -3.31. The average molecular weight is 453 g/mol. The molecule has 3 aromatic rings. The van der Waals surface area contributed by atoms with E-state index in [9.17, 15) is 9.59 Å². The Morgan fingerprint density at radius 1 is 1.03 bits per heavy atom. The predicted molar refractivity (Wildman–Crippen MR) is 120 cm³/mol. The Balaban J connectivity index is 1.24. The lowest BCUT2D eigenvalue weighted by atomic mass is 10.1. The number of pyridine rings is 1. The van der Waals surface area contributed by atoms with Crippen molar-refractivity contribution >= 4 is 29.3 Å². The molecule has 3 heterocycles. The van der Waals surface area contributed by atoms with E-state index in [1.807, 2.05) is 17.0 Å². The summed E-state index contributed by atoms with van der Waals surface area (Å²) < 4.78 is 1.51. The average Bonchev–Trinajstić information content (AvgIpc) is 3.23. The number of nitrogens with one attached hydrogen (secondary N) is 1. The van der Waals surface area contributed by atoms with Gasteiger partial charge in [-0.3, -0.25) is 19.5 Å². The summed E-state index contributed by atoms with van der Waals surface area (Å²) in [6.07, 6.45) is 3.60. The number of nitrogens with zero attached hydrogens (tertiary/aromatic N) is 7. The first-order chi connectivity index (χ1) is 15.6. The number of aryl methyl sites for hydroxylation is 1. The molecule has 1 aromatic carbocycles. The van der Waals surface area contributed by atoms with Crippen molar-refractivity contribution in [3.63, 3.8) is 0 Å². The highest BCUT2D eigenvalue weighted by molar-refractivity contribution is 7.99. The van der Waals surface area contributed by atoms with Crippen LogP contribution in [0.25, 0.3) is 0 Å². The maximum Gasteiger partial charge on any atom is 0.253 e. The van der Waals surface area contributed by atoms with Gasteiger partial charge in [0.25, 0.3) is 5.91 Å². The molecular formula is C21H24N8O2S. The molecule has 11 heteroatoms. The first-order valence-corrected chi connectivity index (χ1v) is 11.2. The topological polar surface area (TPSA) is 109 Å². The van der Waals surface area contributed by atoms with Gasteiger partial charge in [0.1, 0.15) is 0 Å². The van der Waals surface area contributed by atoms with Crippen LogP contribution < -0.4 is 5.32 Å². The number of aromatic nitrogens is 5. The molecule has 2 aromatic heterocycles. The molecule has 0 saturated carbocycles. The van der Waals surface area contributed by atoms with Gasteiger partial charge in [0.15, 0.2) is 0 Å². The second-order valence-electron chi connectivity index (χ2n) is 7.42. The molecule has 10 nitrogen and oxygen atoms in total. The number of carbonyl (C=O) groups is 2. The molecule has 1 saturated heterocycles. The molecule has 4 rings (SSSR count). The second kappa shape index (κ2) is 10.3. The molecule has 32 heavy (non-hydrogen) atoms. The third-order valence-electron chi connectivity index (χ3n) is 5.14. The number of anilines is 1. The van der Waals surface area contributed by atoms with Gasteiger partial charge in [0.05, 0.1) is 5.75 Å². The zero-order chi connectivity index (χ0) is 22.3. The summed E-state index contributed by atoms with van der Waals surface area (Å²) in [7, 11) is 1.72. The van der Waals surface area contributed by atoms with E-state index in [2.05, 4.69) is 30.7 Å². The molecule has 0 atom stereocenters. The Morgan fingerprint density at radius 2 is 1.75 bits per heavy atom. The predicted octanol–water partition coefficient (Wildman–Crippen LogP) is 1.29. The fourth-order valence-corrected chi connectivity index (χ4v) is 4.05.